The molecular formula is C26H48N4O6. The summed E-state index contributed by atoms with van der Waals surface area (Å²) in [4.78, 5) is 61.1. The molecule has 0 radical (unpaired) electrons. The van der Waals surface area contributed by atoms with Gasteiger partial charge in [0.2, 0.25) is 17.6 Å². The predicted molar refractivity (Wildman–Crippen MR) is 139 cm³/mol. The van der Waals surface area contributed by atoms with Gasteiger partial charge in [-0.05, 0) is 40.0 Å². The Hall–Kier alpha value is -2.65. The average molecular weight is 513 g/mol. The van der Waals surface area contributed by atoms with Gasteiger partial charge in [0.15, 0.2) is 0 Å². The van der Waals surface area contributed by atoms with Gasteiger partial charge in [0, 0.05) is 13.1 Å². The molecule has 0 aromatic heterocycles. The smallest absolute Gasteiger partial charge is 0.408 e. The molecule has 0 aromatic rings. The van der Waals surface area contributed by atoms with E-state index in [-0.39, 0.29) is 12.5 Å². The van der Waals surface area contributed by atoms with Crippen LogP contribution >= 0.6 is 0 Å². The van der Waals surface area contributed by atoms with Gasteiger partial charge in [0.25, 0.3) is 5.91 Å². The van der Waals surface area contributed by atoms with Gasteiger partial charge >= 0.3 is 6.09 Å². The molecule has 0 spiro atoms. The van der Waals surface area contributed by atoms with Crippen LogP contribution in [0.15, 0.2) is 0 Å². The van der Waals surface area contributed by atoms with E-state index in [0.717, 1.165) is 0 Å². The van der Waals surface area contributed by atoms with Crippen LogP contribution in [0, 0.1) is 5.92 Å². The highest BCUT2D eigenvalue weighted by molar-refractivity contribution is 6.37. The number of ether oxygens (including phenoxy) is 1. The van der Waals surface area contributed by atoms with E-state index in [2.05, 4.69) is 29.8 Å². The second-order valence-corrected chi connectivity index (χ2v) is 10.1. The van der Waals surface area contributed by atoms with Crippen LogP contribution < -0.4 is 16.0 Å². The quantitative estimate of drug-likeness (QED) is 0.272. The molecule has 208 valence electrons. The first-order valence-electron chi connectivity index (χ1n) is 13.2. The Bertz CT molecular complexity index is 714. The fourth-order valence-electron chi connectivity index (χ4n) is 3.66. The van der Waals surface area contributed by atoms with Crippen LogP contribution in [0.2, 0.25) is 0 Å². The number of hydrogen-bond acceptors (Lipinski definition) is 6. The van der Waals surface area contributed by atoms with Gasteiger partial charge in [-0.2, -0.15) is 0 Å². The third kappa shape index (κ3) is 14.0. The molecule has 1 rings (SSSR count). The maximum atomic E-state index is 12.5. The van der Waals surface area contributed by atoms with Crippen molar-refractivity contribution in [2.75, 3.05) is 26.2 Å². The first-order chi connectivity index (χ1) is 16.9. The number of carbonyl (C=O) groups is 5. The lowest BCUT2D eigenvalue weighted by Gasteiger charge is -2.26. The fourth-order valence-corrected chi connectivity index (χ4v) is 3.66. The number of ketones is 1. The number of rotatable bonds is 12. The average Bonchev–Trinajstić information content (AvgIpc) is 3.19. The lowest BCUT2D eigenvalue weighted by atomic mass is 10.0. The summed E-state index contributed by atoms with van der Waals surface area (Å²) in [6, 6.07) is -0.769. The maximum Gasteiger partial charge on any atom is 0.408 e. The standard InChI is InChI=1S/C18H30N4O6.C8H18/c1-6-19-15(25)12(23)9-20-16(26)14-11(2)7-8-22(14)13(24)10-21-17(27)28-18(3,4)5;1-3-5-7-8-6-4-2/h11,14H,6-10H2,1-5H3,(H,19,25)(H,20,26)(H,21,27);3-8H2,1-2H3. The van der Waals surface area contributed by atoms with E-state index in [1.165, 1.54) is 43.4 Å². The van der Waals surface area contributed by atoms with E-state index in [4.69, 9.17) is 4.74 Å². The number of nitrogens with zero attached hydrogens (tertiary/aromatic N) is 1. The van der Waals surface area contributed by atoms with Crippen molar-refractivity contribution in [2.45, 2.75) is 105 Å². The molecule has 0 aromatic carbocycles. The maximum absolute atomic E-state index is 12.5. The molecule has 10 heteroatoms. The summed E-state index contributed by atoms with van der Waals surface area (Å²) in [5.74, 6) is -2.58. The van der Waals surface area contributed by atoms with E-state index < -0.39 is 47.8 Å². The number of nitrogens with one attached hydrogen (secondary N) is 3. The topological polar surface area (TPSA) is 134 Å². The minimum atomic E-state index is -0.769. The Morgan fingerprint density at radius 1 is 0.861 bits per heavy atom. The number of carbonyl (C=O) groups excluding carboxylic acids is 5. The third-order valence-electron chi connectivity index (χ3n) is 5.54. The molecule has 1 aliphatic rings. The van der Waals surface area contributed by atoms with E-state index in [0.29, 0.717) is 19.5 Å². The Morgan fingerprint density at radius 3 is 1.94 bits per heavy atom. The summed E-state index contributed by atoms with van der Waals surface area (Å²) >= 11 is 0. The van der Waals surface area contributed by atoms with Crippen molar-refractivity contribution in [2.24, 2.45) is 5.92 Å². The Balaban J connectivity index is 0.00000131. The largest absolute Gasteiger partial charge is 0.444 e. The molecule has 1 saturated heterocycles. The van der Waals surface area contributed by atoms with Crippen molar-refractivity contribution in [1.29, 1.82) is 0 Å². The Labute approximate surface area is 216 Å². The minimum Gasteiger partial charge on any atom is -0.444 e. The van der Waals surface area contributed by atoms with Gasteiger partial charge in [0.1, 0.15) is 18.2 Å². The number of unbranched alkanes of at least 4 members (excludes halogenated alkanes) is 5. The van der Waals surface area contributed by atoms with Crippen LogP contribution in [0.5, 0.6) is 0 Å². The highest BCUT2D eigenvalue weighted by atomic mass is 16.6. The van der Waals surface area contributed by atoms with E-state index >= 15 is 0 Å². The molecule has 4 amide bonds. The van der Waals surface area contributed by atoms with Gasteiger partial charge in [-0.25, -0.2) is 4.79 Å². The van der Waals surface area contributed by atoms with Crippen molar-refractivity contribution in [3.05, 3.63) is 0 Å². The molecule has 0 saturated carbocycles. The molecule has 10 nitrogen and oxygen atoms in total. The van der Waals surface area contributed by atoms with Gasteiger partial charge < -0.3 is 25.6 Å². The number of hydrogen-bond donors (Lipinski definition) is 3. The van der Waals surface area contributed by atoms with E-state index in [1.807, 2.05) is 6.92 Å². The molecule has 2 atom stereocenters. The summed E-state index contributed by atoms with van der Waals surface area (Å²) in [6.45, 7) is 13.1. The summed E-state index contributed by atoms with van der Waals surface area (Å²) in [5.41, 5.74) is -0.686. The molecule has 1 aliphatic heterocycles. The number of amides is 4. The predicted octanol–water partition coefficient (Wildman–Crippen LogP) is 2.94. The van der Waals surface area contributed by atoms with Crippen LogP contribution in [0.3, 0.4) is 0 Å². The van der Waals surface area contributed by atoms with E-state index in [9.17, 15) is 24.0 Å². The molecule has 0 bridgehead atoms. The monoisotopic (exact) mass is 512 g/mol. The van der Waals surface area contributed by atoms with Crippen LogP contribution in [-0.2, 0) is 23.9 Å². The first kappa shape index (κ1) is 33.4. The summed E-state index contributed by atoms with van der Waals surface area (Å²) in [6.07, 6.45) is 8.38. The highest BCUT2D eigenvalue weighted by Crippen LogP contribution is 2.24. The van der Waals surface area contributed by atoms with Crippen molar-refractivity contribution < 1.29 is 28.7 Å². The van der Waals surface area contributed by atoms with E-state index in [1.54, 1.807) is 27.7 Å². The summed E-state index contributed by atoms with van der Waals surface area (Å²) in [5, 5.41) is 7.16. The second kappa shape index (κ2) is 17.7. The van der Waals surface area contributed by atoms with Crippen LogP contribution in [0.4, 0.5) is 4.79 Å². The van der Waals surface area contributed by atoms with Crippen LogP contribution in [0.25, 0.3) is 0 Å². The van der Waals surface area contributed by atoms with Crippen molar-refractivity contribution in [3.8, 4) is 0 Å². The molecule has 0 aliphatic carbocycles. The normalized spacial score (nSPS) is 16.9. The molecule has 1 heterocycles. The zero-order valence-electron chi connectivity index (χ0n) is 23.3. The number of likely N-dealkylation sites (N-methyl/N-ethyl adjacent to an activating group) is 1. The van der Waals surface area contributed by atoms with Crippen molar-refractivity contribution in [1.82, 2.24) is 20.9 Å². The fraction of sp³-hybridized carbons (Fsp3) is 0.808. The molecule has 2 unspecified atom stereocenters. The van der Waals surface area contributed by atoms with Crippen LogP contribution in [0.1, 0.15) is 93.4 Å². The van der Waals surface area contributed by atoms with Gasteiger partial charge in [-0.15, -0.1) is 0 Å². The van der Waals surface area contributed by atoms with Crippen molar-refractivity contribution in [3.63, 3.8) is 0 Å². The molecule has 1 fully saturated rings. The Kier molecular flexibility index (Phi) is 16.4. The highest BCUT2D eigenvalue weighted by Gasteiger charge is 2.39. The second-order valence-electron chi connectivity index (χ2n) is 10.1. The molecule has 36 heavy (non-hydrogen) atoms. The van der Waals surface area contributed by atoms with Crippen molar-refractivity contribution >= 4 is 29.6 Å². The lowest BCUT2D eigenvalue weighted by molar-refractivity contribution is -0.140. The molecular weight excluding hydrogens is 464 g/mol. The van der Waals surface area contributed by atoms with Gasteiger partial charge in [-0.3, -0.25) is 19.2 Å². The third-order valence-corrected chi connectivity index (χ3v) is 5.54. The van der Waals surface area contributed by atoms with Gasteiger partial charge in [-0.1, -0.05) is 59.3 Å². The first-order valence-corrected chi connectivity index (χ1v) is 13.2. The number of Topliss-reactive ketones (excluding diaryl/α,β-unsaturated/α-hetero) is 1. The number of likely N-dealkylation sites (tertiary alicyclic amines) is 1. The Morgan fingerprint density at radius 2 is 1.44 bits per heavy atom. The summed E-state index contributed by atoms with van der Waals surface area (Å²) < 4.78 is 5.08. The minimum absolute atomic E-state index is 0.120. The summed E-state index contributed by atoms with van der Waals surface area (Å²) in [7, 11) is 0. The lowest BCUT2D eigenvalue weighted by Crippen LogP contribution is -2.52. The van der Waals surface area contributed by atoms with Gasteiger partial charge in [0.05, 0.1) is 6.54 Å². The zero-order chi connectivity index (χ0) is 27.7. The van der Waals surface area contributed by atoms with Crippen LogP contribution in [-0.4, -0.2) is 72.3 Å². The number of alkyl carbamates (subject to hydrolysis) is 1. The SMILES string of the molecule is CCCCCCCC.CCNC(=O)C(=O)CNC(=O)C1C(C)CCN1C(=O)CNC(=O)OC(C)(C)C. The zero-order valence-corrected chi connectivity index (χ0v) is 23.3. The molecule has 3 N–H and O–H groups in total.